The zero-order valence-corrected chi connectivity index (χ0v) is 17.8. The van der Waals surface area contributed by atoms with Gasteiger partial charge in [0, 0.05) is 17.0 Å². The monoisotopic (exact) mass is 420 g/mol. The van der Waals surface area contributed by atoms with Crippen LogP contribution in [0.1, 0.15) is 21.5 Å². The van der Waals surface area contributed by atoms with E-state index in [1.807, 2.05) is 61.5 Å². The van der Waals surface area contributed by atoms with Crippen LogP contribution in [0.15, 0.2) is 71.1 Å². The molecule has 6 heteroatoms. The quantitative estimate of drug-likeness (QED) is 0.380. The Morgan fingerprint density at radius 2 is 1.83 bits per heavy atom. The van der Waals surface area contributed by atoms with Crippen LogP contribution in [0.4, 0.5) is 5.69 Å². The van der Waals surface area contributed by atoms with Crippen molar-refractivity contribution < 1.29 is 9.53 Å². The number of amides is 1. The molecule has 0 aliphatic carbocycles. The van der Waals surface area contributed by atoms with Crippen LogP contribution in [0.25, 0.3) is 10.2 Å². The summed E-state index contributed by atoms with van der Waals surface area (Å²) in [5.74, 6) is 1.60. The van der Waals surface area contributed by atoms with Crippen molar-refractivity contribution in [2.75, 3.05) is 12.4 Å². The number of ether oxygens (including phenoxy) is 1. The minimum absolute atomic E-state index is 0.108. The average molecular weight is 421 g/mol. The fraction of sp³-hybridized carbons (Fsp3) is 0.130. The second-order valence-corrected chi connectivity index (χ2v) is 8.87. The first-order valence-corrected chi connectivity index (χ1v) is 11.0. The van der Waals surface area contributed by atoms with Crippen LogP contribution < -0.4 is 10.1 Å². The zero-order chi connectivity index (χ0) is 20.2. The van der Waals surface area contributed by atoms with E-state index in [-0.39, 0.29) is 5.91 Å². The maximum Gasteiger partial charge on any atom is 0.255 e. The van der Waals surface area contributed by atoms with Gasteiger partial charge in [0.25, 0.3) is 5.91 Å². The standard InChI is InChI=1S/C23H20N2O2S2/c1-15-3-7-17(8-4-15)22(26)24-18-9-12-20-21(13-18)29-23(25-20)28-14-16-5-10-19(27-2)11-6-16/h3-13H,14H2,1-2H3,(H,24,26). The van der Waals surface area contributed by atoms with E-state index in [1.54, 1.807) is 30.2 Å². The van der Waals surface area contributed by atoms with Crippen molar-refractivity contribution in [1.29, 1.82) is 0 Å². The highest BCUT2D eigenvalue weighted by Crippen LogP contribution is 2.33. The van der Waals surface area contributed by atoms with Crippen LogP contribution in [0.3, 0.4) is 0 Å². The van der Waals surface area contributed by atoms with Gasteiger partial charge in [-0.1, -0.05) is 41.6 Å². The molecular formula is C23H20N2O2S2. The molecule has 4 aromatic rings. The van der Waals surface area contributed by atoms with Crippen molar-refractivity contribution in [3.05, 3.63) is 83.4 Å². The van der Waals surface area contributed by atoms with Crippen molar-refractivity contribution >= 4 is 44.9 Å². The Bertz CT molecular complexity index is 1140. The highest BCUT2D eigenvalue weighted by molar-refractivity contribution is 8.00. The molecule has 1 amide bonds. The molecule has 0 atom stereocenters. The molecule has 146 valence electrons. The molecule has 0 aliphatic heterocycles. The number of hydrogen-bond acceptors (Lipinski definition) is 5. The molecule has 0 fully saturated rings. The Morgan fingerprint density at radius 3 is 2.55 bits per heavy atom. The SMILES string of the molecule is COc1ccc(CSc2nc3ccc(NC(=O)c4ccc(C)cc4)cc3s2)cc1. The number of thiazole rings is 1. The summed E-state index contributed by atoms with van der Waals surface area (Å²) in [6.45, 7) is 2.00. The van der Waals surface area contributed by atoms with Gasteiger partial charge >= 0.3 is 0 Å². The number of hydrogen-bond donors (Lipinski definition) is 1. The molecule has 1 N–H and O–H groups in total. The van der Waals surface area contributed by atoms with E-state index >= 15 is 0 Å². The second kappa shape index (κ2) is 8.68. The van der Waals surface area contributed by atoms with Gasteiger partial charge in [0.15, 0.2) is 4.34 Å². The number of aryl methyl sites for hydroxylation is 1. The molecule has 0 saturated heterocycles. The molecular weight excluding hydrogens is 400 g/mol. The zero-order valence-electron chi connectivity index (χ0n) is 16.1. The van der Waals surface area contributed by atoms with Crippen molar-refractivity contribution in [1.82, 2.24) is 4.98 Å². The number of carbonyl (C=O) groups excluding carboxylic acids is 1. The molecule has 4 nitrogen and oxygen atoms in total. The van der Waals surface area contributed by atoms with E-state index in [9.17, 15) is 4.79 Å². The molecule has 0 spiro atoms. The van der Waals surface area contributed by atoms with Gasteiger partial charge in [-0.15, -0.1) is 11.3 Å². The number of fused-ring (bicyclic) bond motifs is 1. The van der Waals surface area contributed by atoms with E-state index in [0.717, 1.165) is 37.3 Å². The lowest BCUT2D eigenvalue weighted by Gasteiger charge is -2.05. The highest BCUT2D eigenvalue weighted by Gasteiger charge is 2.09. The van der Waals surface area contributed by atoms with Gasteiger partial charge < -0.3 is 10.1 Å². The Labute approximate surface area is 177 Å². The Morgan fingerprint density at radius 1 is 1.07 bits per heavy atom. The van der Waals surface area contributed by atoms with E-state index in [1.165, 1.54) is 5.56 Å². The van der Waals surface area contributed by atoms with Crippen LogP contribution in [-0.2, 0) is 5.75 Å². The van der Waals surface area contributed by atoms with Crippen LogP contribution in [0.2, 0.25) is 0 Å². The first-order chi connectivity index (χ1) is 14.1. The lowest BCUT2D eigenvalue weighted by atomic mass is 10.1. The van der Waals surface area contributed by atoms with E-state index in [4.69, 9.17) is 9.72 Å². The summed E-state index contributed by atoms with van der Waals surface area (Å²) in [4.78, 5) is 17.1. The normalized spacial score (nSPS) is 10.8. The molecule has 29 heavy (non-hydrogen) atoms. The molecule has 0 bridgehead atoms. The summed E-state index contributed by atoms with van der Waals surface area (Å²) >= 11 is 3.35. The Kier molecular flexibility index (Phi) is 5.83. The van der Waals surface area contributed by atoms with Crippen LogP contribution in [0, 0.1) is 6.92 Å². The third kappa shape index (κ3) is 4.78. The van der Waals surface area contributed by atoms with Gasteiger partial charge in [-0.3, -0.25) is 4.79 Å². The second-order valence-electron chi connectivity index (χ2n) is 6.62. The number of methoxy groups -OCH3 is 1. The van der Waals surface area contributed by atoms with Gasteiger partial charge in [-0.25, -0.2) is 4.98 Å². The predicted molar refractivity (Wildman–Crippen MR) is 121 cm³/mol. The number of anilines is 1. The van der Waals surface area contributed by atoms with Crippen molar-refractivity contribution in [2.24, 2.45) is 0 Å². The van der Waals surface area contributed by atoms with Crippen molar-refractivity contribution in [2.45, 2.75) is 17.0 Å². The highest BCUT2D eigenvalue weighted by atomic mass is 32.2. The molecule has 1 aromatic heterocycles. The van der Waals surface area contributed by atoms with E-state index in [2.05, 4.69) is 17.4 Å². The molecule has 0 unspecified atom stereocenters. The van der Waals surface area contributed by atoms with Crippen LogP contribution >= 0.6 is 23.1 Å². The number of benzene rings is 3. The topological polar surface area (TPSA) is 51.2 Å². The largest absolute Gasteiger partial charge is 0.497 e. The predicted octanol–water partition coefficient (Wildman–Crippen LogP) is 6.16. The van der Waals surface area contributed by atoms with Crippen molar-refractivity contribution in [3.63, 3.8) is 0 Å². The maximum atomic E-state index is 12.4. The molecule has 0 radical (unpaired) electrons. The van der Waals surface area contributed by atoms with Gasteiger partial charge in [-0.05, 0) is 55.0 Å². The Hall–Kier alpha value is -2.83. The third-order valence-corrected chi connectivity index (χ3v) is 6.69. The summed E-state index contributed by atoms with van der Waals surface area (Å²) in [7, 11) is 1.67. The van der Waals surface area contributed by atoms with Gasteiger partial charge in [0.1, 0.15) is 5.75 Å². The Balaban J connectivity index is 1.44. The smallest absolute Gasteiger partial charge is 0.255 e. The first kappa shape index (κ1) is 19.5. The van der Waals surface area contributed by atoms with Gasteiger partial charge in [0.05, 0.1) is 17.3 Å². The number of aromatic nitrogens is 1. The summed E-state index contributed by atoms with van der Waals surface area (Å²) in [6, 6.07) is 21.5. The first-order valence-electron chi connectivity index (χ1n) is 9.15. The number of thioether (sulfide) groups is 1. The lowest BCUT2D eigenvalue weighted by molar-refractivity contribution is 0.102. The average Bonchev–Trinajstić information content (AvgIpc) is 3.15. The number of nitrogens with one attached hydrogen (secondary N) is 1. The van der Waals surface area contributed by atoms with Gasteiger partial charge in [-0.2, -0.15) is 0 Å². The molecule has 1 heterocycles. The minimum Gasteiger partial charge on any atom is -0.497 e. The summed E-state index contributed by atoms with van der Waals surface area (Å²) in [6.07, 6.45) is 0. The molecule has 0 saturated carbocycles. The summed E-state index contributed by atoms with van der Waals surface area (Å²) < 4.78 is 7.27. The lowest BCUT2D eigenvalue weighted by Crippen LogP contribution is -2.11. The summed E-state index contributed by atoms with van der Waals surface area (Å²) in [5, 5.41) is 2.97. The number of nitrogens with zero attached hydrogens (tertiary/aromatic N) is 1. The maximum absolute atomic E-state index is 12.4. The van der Waals surface area contributed by atoms with Crippen molar-refractivity contribution in [3.8, 4) is 5.75 Å². The van der Waals surface area contributed by atoms with E-state index < -0.39 is 0 Å². The number of rotatable bonds is 6. The molecule has 0 aliphatic rings. The molecule has 3 aromatic carbocycles. The van der Waals surface area contributed by atoms with Crippen LogP contribution in [0.5, 0.6) is 5.75 Å². The van der Waals surface area contributed by atoms with E-state index in [0.29, 0.717) is 5.56 Å². The number of carbonyl (C=O) groups is 1. The minimum atomic E-state index is -0.108. The fourth-order valence-electron chi connectivity index (χ4n) is 2.82. The third-order valence-electron chi connectivity index (χ3n) is 4.46. The molecule has 4 rings (SSSR count). The van der Waals surface area contributed by atoms with Gasteiger partial charge in [0.2, 0.25) is 0 Å². The fourth-order valence-corrected chi connectivity index (χ4v) is 4.88. The summed E-state index contributed by atoms with van der Waals surface area (Å²) in [5.41, 5.74) is 4.73. The van der Waals surface area contributed by atoms with Crippen LogP contribution in [-0.4, -0.2) is 18.0 Å².